The molecule has 2 rings (SSSR count). The summed E-state index contributed by atoms with van der Waals surface area (Å²) in [5.74, 6) is 0.947. The van der Waals surface area contributed by atoms with Crippen molar-refractivity contribution in [2.75, 3.05) is 7.11 Å². The Labute approximate surface area is 137 Å². The van der Waals surface area contributed by atoms with Crippen molar-refractivity contribution in [3.05, 3.63) is 59.0 Å². The Bertz CT molecular complexity index is 628. The fraction of sp³-hybridized carbons (Fsp3) is 0.421. The number of carbonyl (C=O) groups excluding carboxylic acids is 1. The van der Waals surface area contributed by atoms with E-state index in [0.717, 1.165) is 12.2 Å². The van der Waals surface area contributed by atoms with Gasteiger partial charge in [-0.25, -0.2) is 4.79 Å². The summed E-state index contributed by atoms with van der Waals surface area (Å²) < 4.78 is 10.2. The van der Waals surface area contributed by atoms with Crippen LogP contribution in [-0.2, 0) is 17.7 Å². The van der Waals surface area contributed by atoms with E-state index in [4.69, 9.17) is 4.42 Å². The second-order valence-electron chi connectivity index (χ2n) is 5.96. The van der Waals surface area contributed by atoms with Gasteiger partial charge in [0.25, 0.3) is 0 Å². The number of carbonyl (C=O) groups is 1. The molecule has 0 saturated heterocycles. The van der Waals surface area contributed by atoms with Crippen LogP contribution in [0.15, 0.2) is 40.8 Å². The monoisotopic (exact) mass is 315 g/mol. The molecular formula is C19H25NO3. The predicted octanol–water partition coefficient (Wildman–Crippen LogP) is 4.12. The number of hydrogen-bond acceptors (Lipinski definition) is 4. The van der Waals surface area contributed by atoms with Gasteiger partial charge in [-0.05, 0) is 35.6 Å². The molecule has 1 atom stereocenters. The Balaban J connectivity index is 2.04. The Morgan fingerprint density at radius 2 is 1.87 bits per heavy atom. The van der Waals surface area contributed by atoms with E-state index in [1.165, 1.54) is 18.2 Å². The molecule has 0 aliphatic heterocycles. The normalized spacial score (nSPS) is 12.4. The number of ether oxygens (including phenoxy) is 1. The van der Waals surface area contributed by atoms with E-state index in [2.05, 4.69) is 55.1 Å². The summed E-state index contributed by atoms with van der Waals surface area (Å²) in [7, 11) is 1.34. The van der Waals surface area contributed by atoms with Gasteiger partial charge in [-0.15, -0.1) is 0 Å². The van der Waals surface area contributed by atoms with Crippen molar-refractivity contribution in [1.29, 1.82) is 0 Å². The van der Waals surface area contributed by atoms with Gasteiger partial charge in [0.1, 0.15) is 5.76 Å². The fourth-order valence-corrected chi connectivity index (χ4v) is 2.59. The van der Waals surface area contributed by atoms with Crippen molar-refractivity contribution < 1.29 is 13.9 Å². The second-order valence-corrected chi connectivity index (χ2v) is 5.96. The van der Waals surface area contributed by atoms with Gasteiger partial charge in [-0.3, -0.25) is 0 Å². The Hall–Kier alpha value is -2.07. The molecule has 1 N–H and O–H groups in total. The van der Waals surface area contributed by atoms with Gasteiger partial charge >= 0.3 is 5.97 Å². The quantitative estimate of drug-likeness (QED) is 0.781. The molecule has 4 nitrogen and oxygen atoms in total. The molecule has 0 saturated carbocycles. The van der Waals surface area contributed by atoms with Gasteiger partial charge in [0, 0.05) is 6.04 Å². The van der Waals surface area contributed by atoms with E-state index in [1.807, 2.05) is 0 Å². The number of esters is 1. The van der Waals surface area contributed by atoms with Crippen LogP contribution in [0.1, 0.15) is 54.3 Å². The molecule has 0 amide bonds. The lowest BCUT2D eigenvalue weighted by Crippen LogP contribution is -2.25. The topological polar surface area (TPSA) is 51.5 Å². The highest BCUT2D eigenvalue weighted by atomic mass is 16.5. The molecule has 1 heterocycles. The first-order valence-corrected chi connectivity index (χ1v) is 8.04. The van der Waals surface area contributed by atoms with E-state index >= 15 is 0 Å². The maximum atomic E-state index is 11.4. The summed E-state index contributed by atoms with van der Waals surface area (Å²) in [5, 5.41) is 3.51. The van der Waals surface area contributed by atoms with Gasteiger partial charge in [-0.1, -0.05) is 45.0 Å². The Morgan fingerprint density at radius 3 is 2.43 bits per heavy atom. The SMILES string of the molecule is CCc1ccc(C(NCc2ccc(C(=O)OC)o2)C(C)C)cc1. The number of aryl methyl sites for hydroxylation is 1. The standard InChI is InChI=1S/C19H25NO3/c1-5-14-6-8-15(9-7-14)18(13(2)3)20-12-16-10-11-17(23-16)19(21)22-4/h6-11,13,18,20H,5,12H2,1-4H3. The third-order valence-electron chi connectivity index (χ3n) is 3.96. The van der Waals surface area contributed by atoms with Crippen LogP contribution in [-0.4, -0.2) is 13.1 Å². The third kappa shape index (κ3) is 4.45. The smallest absolute Gasteiger partial charge is 0.373 e. The minimum Gasteiger partial charge on any atom is -0.463 e. The zero-order valence-corrected chi connectivity index (χ0v) is 14.3. The molecule has 124 valence electrons. The van der Waals surface area contributed by atoms with E-state index < -0.39 is 5.97 Å². The summed E-state index contributed by atoms with van der Waals surface area (Å²) >= 11 is 0. The summed E-state index contributed by atoms with van der Waals surface area (Å²) in [6, 6.07) is 12.4. The lowest BCUT2D eigenvalue weighted by molar-refractivity contribution is 0.0562. The van der Waals surface area contributed by atoms with E-state index in [1.54, 1.807) is 12.1 Å². The molecular weight excluding hydrogens is 290 g/mol. The van der Waals surface area contributed by atoms with Gasteiger partial charge in [0.2, 0.25) is 5.76 Å². The van der Waals surface area contributed by atoms with Gasteiger partial charge in [0.15, 0.2) is 0 Å². The van der Waals surface area contributed by atoms with Crippen molar-refractivity contribution >= 4 is 5.97 Å². The highest BCUT2D eigenvalue weighted by Gasteiger charge is 2.17. The van der Waals surface area contributed by atoms with Crippen LogP contribution in [0.2, 0.25) is 0 Å². The van der Waals surface area contributed by atoms with Crippen LogP contribution in [0, 0.1) is 5.92 Å². The van der Waals surface area contributed by atoms with Crippen LogP contribution in [0.4, 0.5) is 0 Å². The summed E-state index contributed by atoms with van der Waals surface area (Å²) in [6.45, 7) is 7.10. The number of nitrogens with one attached hydrogen (secondary N) is 1. The van der Waals surface area contributed by atoms with Crippen LogP contribution in [0.3, 0.4) is 0 Å². The largest absolute Gasteiger partial charge is 0.463 e. The summed E-state index contributed by atoms with van der Waals surface area (Å²) in [5.41, 5.74) is 2.60. The number of furan rings is 1. The van der Waals surface area contributed by atoms with Crippen LogP contribution in [0.25, 0.3) is 0 Å². The van der Waals surface area contributed by atoms with Crippen molar-refractivity contribution in [1.82, 2.24) is 5.32 Å². The van der Waals surface area contributed by atoms with E-state index in [-0.39, 0.29) is 11.8 Å². The highest BCUT2D eigenvalue weighted by Crippen LogP contribution is 2.23. The van der Waals surface area contributed by atoms with Crippen molar-refractivity contribution in [3.8, 4) is 0 Å². The molecule has 1 aromatic heterocycles. The molecule has 0 bridgehead atoms. The average molecular weight is 315 g/mol. The highest BCUT2D eigenvalue weighted by molar-refractivity contribution is 5.86. The van der Waals surface area contributed by atoms with Crippen LogP contribution >= 0.6 is 0 Å². The van der Waals surface area contributed by atoms with Crippen molar-refractivity contribution in [2.45, 2.75) is 39.8 Å². The number of rotatable bonds is 7. The lowest BCUT2D eigenvalue weighted by atomic mass is 9.95. The number of methoxy groups -OCH3 is 1. The van der Waals surface area contributed by atoms with E-state index in [0.29, 0.717) is 12.5 Å². The molecule has 2 aromatic rings. The first-order chi connectivity index (χ1) is 11.0. The lowest BCUT2D eigenvalue weighted by Gasteiger charge is -2.22. The van der Waals surface area contributed by atoms with Crippen molar-refractivity contribution in [2.24, 2.45) is 5.92 Å². The molecule has 0 fully saturated rings. The first-order valence-electron chi connectivity index (χ1n) is 8.04. The Kier molecular flexibility index (Phi) is 5.99. The Morgan fingerprint density at radius 1 is 1.17 bits per heavy atom. The first kappa shape index (κ1) is 17.3. The molecule has 0 aliphatic carbocycles. The maximum absolute atomic E-state index is 11.4. The predicted molar refractivity (Wildman–Crippen MR) is 90.3 cm³/mol. The maximum Gasteiger partial charge on any atom is 0.373 e. The minimum atomic E-state index is -0.452. The zero-order chi connectivity index (χ0) is 16.8. The summed E-state index contributed by atoms with van der Waals surface area (Å²) in [6.07, 6.45) is 1.04. The molecule has 1 unspecified atom stereocenters. The molecule has 0 aliphatic rings. The molecule has 0 spiro atoms. The van der Waals surface area contributed by atoms with Crippen LogP contribution in [0.5, 0.6) is 0 Å². The molecule has 23 heavy (non-hydrogen) atoms. The zero-order valence-electron chi connectivity index (χ0n) is 14.3. The van der Waals surface area contributed by atoms with Crippen LogP contribution < -0.4 is 5.32 Å². The molecule has 4 heteroatoms. The molecule has 0 radical (unpaired) electrons. The van der Waals surface area contributed by atoms with Gasteiger partial charge in [0.05, 0.1) is 13.7 Å². The average Bonchev–Trinajstić information content (AvgIpc) is 3.03. The van der Waals surface area contributed by atoms with Gasteiger partial charge in [-0.2, -0.15) is 0 Å². The second kappa shape index (κ2) is 7.97. The number of hydrogen-bond donors (Lipinski definition) is 1. The third-order valence-corrected chi connectivity index (χ3v) is 3.96. The van der Waals surface area contributed by atoms with E-state index in [9.17, 15) is 4.79 Å². The summed E-state index contributed by atoms with van der Waals surface area (Å²) in [4.78, 5) is 11.4. The van der Waals surface area contributed by atoms with Gasteiger partial charge < -0.3 is 14.5 Å². The molecule has 1 aromatic carbocycles. The fourth-order valence-electron chi connectivity index (χ4n) is 2.59. The van der Waals surface area contributed by atoms with Crippen molar-refractivity contribution in [3.63, 3.8) is 0 Å². The number of benzene rings is 1. The minimum absolute atomic E-state index is 0.229.